The van der Waals surface area contributed by atoms with Gasteiger partial charge in [0.1, 0.15) is 0 Å². The molecule has 2 saturated heterocycles. The standard InChI is InChI=1S/C27H30FN3O4/c1-17(2)31-25(33)20-9-5-4-8-19(20)23(26(34)29-12-6-7-13-29)27(31)15-30(16-27)24(32)18-10-11-22(35-3)21(28)14-18/h4-5,8-11,14,17,23H,6-7,12-13,15-16H2,1-3H3. The van der Waals surface area contributed by atoms with Crippen molar-refractivity contribution in [3.8, 4) is 5.75 Å². The van der Waals surface area contributed by atoms with Crippen molar-refractivity contribution in [1.29, 1.82) is 0 Å². The maximum Gasteiger partial charge on any atom is 0.255 e. The number of methoxy groups -OCH3 is 1. The average molecular weight is 480 g/mol. The summed E-state index contributed by atoms with van der Waals surface area (Å²) in [5.41, 5.74) is 0.638. The third-order valence-corrected chi connectivity index (χ3v) is 7.53. The number of carbonyl (C=O) groups excluding carboxylic acids is 3. The van der Waals surface area contributed by atoms with E-state index >= 15 is 0 Å². The molecule has 0 aliphatic carbocycles. The predicted octanol–water partition coefficient (Wildman–Crippen LogP) is 3.30. The number of benzene rings is 2. The number of hydrogen-bond acceptors (Lipinski definition) is 4. The highest BCUT2D eigenvalue weighted by Gasteiger charge is 2.62. The van der Waals surface area contributed by atoms with Crippen molar-refractivity contribution in [2.45, 2.75) is 44.2 Å². The van der Waals surface area contributed by atoms with Crippen LogP contribution in [-0.2, 0) is 4.79 Å². The van der Waals surface area contributed by atoms with E-state index in [9.17, 15) is 18.8 Å². The highest BCUT2D eigenvalue weighted by atomic mass is 19.1. The van der Waals surface area contributed by atoms with Crippen molar-refractivity contribution >= 4 is 17.7 Å². The summed E-state index contributed by atoms with van der Waals surface area (Å²) in [6, 6.07) is 11.3. The van der Waals surface area contributed by atoms with Gasteiger partial charge in [0.05, 0.1) is 18.6 Å². The number of halogens is 1. The second-order valence-corrected chi connectivity index (χ2v) is 9.94. The number of fused-ring (bicyclic) bond motifs is 1. The van der Waals surface area contributed by atoms with Gasteiger partial charge in [0.2, 0.25) is 5.91 Å². The van der Waals surface area contributed by atoms with Gasteiger partial charge in [0, 0.05) is 43.3 Å². The Labute approximate surface area is 204 Å². The van der Waals surface area contributed by atoms with Crippen molar-refractivity contribution in [3.63, 3.8) is 0 Å². The molecule has 0 saturated carbocycles. The number of carbonyl (C=O) groups is 3. The fourth-order valence-corrected chi connectivity index (χ4v) is 6.01. The monoisotopic (exact) mass is 479 g/mol. The minimum absolute atomic E-state index is 0.00990. The zero-order valence-electron chi connectivity index (χ0n) is 20.3. The third-order valence-electron chi connectivity index (χ3n) is 7.53. The van der Waals surface area contributed by atoms with Gasteiger partial charge in [0.25, 0.3) is 11.8 Å². The van der Waals surface area contributed by atoms with Crippen molar-refractivity contribution in [1.82, 2.24) is 14.7 Å². The normalized spacial score (nSPS) is 20.8. The van der Waals surface area contributed by atoms with E-state index in [1.165, 1.54) is 25.3 Å². The van der Waals surface area contributed by atoms with Gasteiger partial charge in [-0.15, -0.1) is 0 Å². The van der Waals surface area contributed by atoms with E-state index in [2.05, 4.69) is 0 Å². The van der Waals surface area contributed by atoms with Crippen LogP contribution in [0.5, 0.6) is 5.75 Å². The van der Waals surface area contributed by atoms with Gasteiger partial charge in [-0.05, 0) is 56.5 Å². The summed E-state index contributed by atoms with van der Waals surface area (Å²) in [7, 11) is 1.37. The lowest BCUT2D eigenvalue weighted by atomic mass is 9.67. The molecule has 0 bridgehead atoms. The molecule has 0 N–H and O–H groups in total. The minimum atomic E-state index is -0.847. The predicted molar refractivity (Wildman–Crippen MR) is 128 cm³/mol. The summed E-state index contributed by atoms with van der Waals surface area (Å²) in [4.78, 5) is 46.1. The van der Waals surface area contributed by atoms with Crippen LogP contribution in [0.1, 0.15) is 58.9 Å². The minimum Gasteiger partial charge on any atom is -0.494 e. The molecule has 5 rings (SSSR count). The molecule has 1 atom stereocenters. The lowest BCUT2D eigenvalue weighted by Gasteiger charge is -2.62. The molecular weight excluding hydrogens is 449 g/mol. The molecule has 3 heterocycles. The number of nitrogens with zero attached hydrogens (tertiary/aromatic N) is 3. The maximum atomic E-state index is 14.3. The highest BCUT2D eigenvalue weighted by molar-refractivity contribution is 6.03. The topological polar surface area (TPSA) is 70.2 Å². The molecule has 1 spiro atoms. The second-order valence-electron chi connectivity index (χ2n) is 9.94. The molecule has 35 heavy (non-hydrogen) atoms. The maximum absolute atomic E-state index is 14.3. The van der Waals surface area contributed by atoms with Crippen LogP contribution in [0.25, 0.3) is 0 Å². The fourth-order valence-electron chi connectivity index (χ4n) is 6.01. The smallest absolute Gasteiger partial charge is 0.255 e. The van der Waals surface area contributed by atoms with Crippen molar-refractivity contribution in [2.75, 3.05) is 33.3 Å². The number of rotatable bonds is 4. The molecule has 184 valence electrons. The van der Waals surface area contributed by atoms with Crippen molar-refractivity contribution in [2.24, 2.45) is 0 Å². The lowest BCUT2D eigenvalue weighted by Crippen LogP contribution is -2.78. The molecule has 2 fully saturated rings. The van der Waals surface area contributed by atoms with E-state index in [1.54, 1.807) is 15.9 Å². The van der Waals surface area contributed by atoms with Gasteiger partial charge < -0.3 is 19.4 Å². The van der Waals surface area contributed by atoms with Crippen molar-refractivity contribution in [3.05, 3.63) is 65.0 Å². The molecule has 2 aromatic rings. The Hall–Kier alpha value is -3.42. The zero-order chi connectivity index (χ0) is 24.9. The Morgan fingerprint density at radius 3 is 2.37 bits per heavy atom. The fraction of sp³-hybridized carbons (Fsp3) is 0.444. The Morgan fingerprint density at radius 2 is 1.74 bits per heavy atom. The lowest BCUT2D eigenvalue weighted by molar-refractivity contribution is -0.141. The van der Waals surface area contributed by atoms with E-state index in [0.29, 0.717) is 18.7 Å². The van der Waals surface area contributed by atoms with Crippen molar-refractivity contribution < 1.29 is 23.5 Å². The summed E-state index contributed by atoms with van der Waals surface area (Å²) in [6.45, 7) is 5.71. The van der Waals surface area contributed by atoms with Crippen LogP contribution in [0.2, 0.25) is 0 Å². The molecule has 3 amide bonds. The van der Waals surface area contributed by atoms with E-state index < -0.39 is 17.3 Å². The number of amides is 3. The largest absolute Gasteiger partial charge is 0.494 e. The first-order valence-corrected chi connectivity index (χ1v) is 12.1. The van der Waals surface area contributed by atoms with Gasteiger partial charge >= 0.3 is 0 Å². The summed E-state index contributed by atoms with van der Waals surface area (Å²) in [6.07, 6.45) is 1.93. The zero-order valence-corrected chi connectivity index (χ0v) is 20.3. The second kappa shape index (κ2) is 8.66. The molecule has 3 aliphatic rings. The number of likely N-dealkylation sites (tertiary alicyclic amines) is 2. The van der Waals surface area contributed by atoms with E-state index in [1.807, 2.05) is 36.9 Å². The molecule has 0 radical (unpaired) electrons. The average Bonchev–Trinajstić information content (AvgIpc) is 3.36. The van der Waals surface area contributed by atoms with Crippen LogP contribution in [0.3, 0.4) is 0 Å². The Morgan fingerprint density at radius 1 is 1.06 bits per heavy atom. The van der Waals surface area contributed by atoms with Gasteiger partial charge in [-0.1, -0.05) is 18.2 Å². The van der Waals surface area contributed by atoms with Crippen LogP contribution in [0.4, 0.5) is 4.39 Å². The quantitative estimate of drug-likeness (QED) is 0.675. The summed E-state index contributed by atoms with van der Waals surface area (Å²) in [5.74, 6) is -1.55. The molecule has 7 nitrogen and oxygen atoms in total. The molecule has 2 aromatic carbocycles. The Kier molecular flexibility index (Phi) is 5.77. The van der Waals surface area contributed by atoms with E-state index in [-0.39, 0.29) is 48.2 Å². The molecule has 1 unspecified atom stereocenters. The van der Waals surface area contributed by atoms with E-state index in [4.69, 9.17) is 4.74 Å². The third kappa shape index (κ3) is 3.58. The van der Waals surface area contributed by atoms with Gasteiger partial charge in [0.15, 0.2) is 11.6 Å². The number of hydrogen-bond donors (Lipinski definition) is 0. The molecule has 8 heteroatoms. The molecule has 3 aliphatic heterocycles. The first-order valence-electron chi connectivity index (χ1n) is 12.1. The molecular formula is C27H30FN3O4. The highest BCUT2D eigenvalue weighted by Crippen LogP contribution is 2.48. The van der Waals surface area contributed by atoms with Crippen LogP contribution >= 0.6 is 0 Å². The van der Waals surface area contributed by atoms with Gasteiger partial charge in [-0.25, -0.2) is 4.39 Å². The van der Waals surface area contributed by atoms with Gasteiger partial charge in [-0.3, -0.25) is 14.4 Å². The Bertz CT molecular complexity index is 1180. The summed E-state index contributed by atoms with van der Waals surface area (Å²) in [5, 5.41) is 0. The van der Waals surface area contributed by atoms with Crippen LogP contribution in [0, 0.1) is 5.82 Å². The molecule has 0 aromatic heterocycles. The van der Waals surface area contributed by atoms with Crippen LogP contribution < -0.4 is 4.74 Å². The Balaban J connectivity index is 1.53. The van der Waals surface area contributed by atoms with Crippen LogP contribution in [-0.4, -0.2) is 77.3 Å². The SMILES string of the molecule is COc1ccc(C(=O)N2CC3(C2)C(C(=O)N2CCCC2)c2ccccc2C(=O)N3C(C)C)cc1F. The summed E-state index contributed by atoms with van der Waals surface area (Å²) < 4.78 is 19.2. The summed E-state index contributed by atoms with van der Waals surface area (Å²) >= 11 is 0. The first-order chi connectivity index (χ1) is 16.8. The van der Waals surface area contributed by atoms with Crippen LogP contribution in [0.15, 0.2) is 42.5 Å². The van der Waals surface area contributed by atoms with Gasteiger partial charge in [-0.2, -0.15) is 0 Å². The van der Waals surface area contributed by atoms with E-state index in [0.717, 1.165) is 18.4 Å². The number of ether oxygens (including phenoxy) is 1. The first kappa shape index (κ1) is 23.3.